The van der Waals surface area contributed by atoms with Crippen LogP contribution in [0.1, 0.15) is 53.4 Å². The number of rotatable bonds is 5. The van der Waals surface area contributed by atoms with E-state index in [1.807, 2.05) is 20.8 Å². The summed E-state index contributed by atoms with van der Waals surface area (Å²) in [6.07, 6.45) is 5.03. The molecule has 0 saturated carbocycles. The lowest BCUT2D eigenvalue weighted by Crippen LogP contribution is -2.08. The van der Waals surface area contributed by atoms with Gasteiger partial charge in [0, 0.05) is 6.54 Å². The maximum atomic E-state index is 4.16. The smallest absolute Gasteiger partial charge is 0.0898 e. The molecule has 0 aliphatic carbocycles. The molecule has 2 nitrogen and oxygen atoms in total. The number of hydrogen-bond donors (Lipinski definition) is 0. The molecule has 0 aromatic rings. The Labute approximate surface area is 82.2 Å². The zero-order valence-corrected chi connectivity index (χ0v) is 9.43. The quantitative estimate of drug-likeness (QED) is 0.459. The van der Waals surface area contributed by atoms with E-state index in [0.717, 1.165) is 6.54 Å². The molecule has 76 valence electrons. The van der Waals surface area contributed by atoms with E-state index in [0.29, 0.717) is 0 Å². The van der Waals surface area contributed by atoms with Crippen molar-refractivity contribution in [1.82, 2.24) is 0 Å². The van der Waals surface area contributed by atoms with Crippen molar-refractivity contribution < 1.29 is 0 Å². The van der Waals surface area contributed by atoms with Gasteiger partial charge in [0.25, 0.3) is 0 Å². The lowest BCUT2D eigenvalue weighted by molar-refractivity contribution is 0.586. The van der Waals surface area contributed by atoms with Crippen molar-refractivity contribution in [2.75, 3.05) is 6.54 Å². The third kappa shape index (κ3) is 11.4. The molecule has 0 aromatic heterocycles. The van der Waals surface area contributed by atoms with Crippen LogP contribution in [0, 0.1) is 0 Å². The van der Waals surface area contributed by atoms with Gasteiger partial charge >= 0.3 is 0 Å². The molecule has 0 N–H and O–H groups in total. The molecule has 0 fully saturated rings. The first-order valence-electron chi connectivity index (χ1n) is 5.19. The molecule has 0 aliphatic heterocycles. The van der Waals surface area contributed by atoms with Crippen LogP contribution in [-0.2, 0) is 0 Å². The molecule has 0 amide bonds. The lowest BCUT2D eigenvalue weighted by atomic mass is 10.1. The summed E-state index contributed by atoms with van der Waals surface area (Å²) in [5.41, 5.74) is -0.0348. The SMILES string of the molecule is CCCCCCN=C=NC(C)(C)C. The van der Waals surface area contributed by atoms with Crippen molar-refractivity contribution >= 4 is 6.01 Å². The van der Waals surface area contributed by atoms with E-state index in [2.05, 4.69) is 22.9 Å². The van der Waals surface area contributed by atoms with Crippen LogP contribution in [0.5, 0.6) is 0 Å². The van der Waals surface area contributed by atoms with Crippen LogP contribution in [0.4, 0.5) is 0 Å². The van der Waals surface area contributed by atoms with Crippen molar-refractivity contribution in [2.24, 2.45) is 9.98 Å². The highest BCUT2D eigenvalue weighted by molar-refractivity contribution is 5.42. The summed E-state index contributed by atoms with van der Waals surface area (Å²) in [5, 5.41) is 0. The molecule has 2 heteroatoms. The van der Waals surface area contributed by atoms with Gasteiger partial charge in [-0.25, -0.2) is 9.98 Å². The van der Waals surface area contributed by atoms with Crippen LogP contribution in [0.3, 0.4) is 0 Å². The average molecular weight is 182 g/mol. The van der Waals surface area contributed by atoms with E-state index >= 15 is 0 Å². The van der Waals surface area contributed by atoms with Gasteiger partial charge in [0.15, 0.2) is 0 Å². The molecule has 0 spiro atoms. The normalized spacial score (nSPS) is 10.8. The standard InChI is InChI=1S/C11H22N2/c1-5-6-7-8-9-12-10-13-11(2,3)4/h5-9H2,1-4H3. The first-order chi connectivity index (χ1) is 6.06. The van der Waals surface area contributed by atoms with Gasteiger partial charge in [-0.2, -0.15) is 0 Å². The van der Waals surface area contributed by atoms with Gasteiger partial charge in [0.1, 0.15) is 0 Å². The topological polar surface area (TPSA) is 24.7 Å². The molecule has 0 saturated heterocycles. The fourth-order valence-corrected chi connectivity index (χ4v) is 0.853. The van der Waals surface area contributed by atoms with Crippen LogP contribution >= 0.6 is 0 Å². The Hall–Kier alpha value is -0.620. The van der Waals surface area contributed by atoms with Gasteiger partial charge in [-0.05, 0) is 27.2 Å². The van der Waals surface area contributed by atoms with E-state index in [1.54, 1.807) is 0 Å². The monoisotopic (exact) mass is 182 g/mol. The molecule has 0 aromatic carbocycles. The summed E-state index contributed by atoms with van der Waals surface area (Å²) in [5.74, 6) is 0. The van der Waals surface area contributed by atoms with Crippen molar-refractivity contribution in [3.63, 3.8) is 0 Å². The molecule has 0 unspecified atom stereocenters. The van der Waals surface area contributed by atoms with Crippen LogP contribution in [-0.4, -0.2) is 18.1 Å². The molecule has 0 bridgehead atoms. The van der Waals surface area contributed by atoms with Crippen LogP contribution < -0.4 is 0 Å². The van der Waals surface area contributed by atoms with Crippen molar-refractivity contribution in [1.29, 1.82) is 0 Å². The van der Waals surface area contributed by atoms with Gasteiger partial charge in [0.05, 0.1) is 11.5 Å². The van der Waals surface area contributed by atoms with Crippen molar-refractivity contribution in [3.05, 3.63) is 0 Å². The first-order valence-corrected chi connectivity index (χ1v) is 5.19. The molecule has 13 heavy (non-hydrogen) atoms. The number of aliphatic imine (C=N–C) groups is 2. The highest BCUT2D eigenvalue weighted by Gasteiger charge is 2.03. The van der Waals surface area contributed by atoms with Crippen LogP contribution in [0.25, 0.3) is 0 Å². The molecular formula is C11H22N2. The van der Waals surface area contributed by atoms with Gasteiger partial charge in [-0.1, -0.05) is 26.2 Å². The first kappa shape index (κ1) is 12.4. The number of unbranched alkanes of at least 4 members (excludes halogenated alkanes) is 3. The minimum Gasteiger partial charge on any atom is -0.226 e. The Kier molecular flexibility index (Phi) is 6.52. The fraction of sp³-hybridized carbons (Fsp3) is 0.909. The van der Waals surface area contributed by atoms with E-state index < -0.39 is 0 Å². The predicted octanol–water partition coefficient (Wildman–Crippen LogP) is 3.54. The second-order valence-corrected chi connectivity index (χ2v) is 4.33. The maximum Gasteiger partial charge on any atom is 0.0898 e. The Balaban J connectivity index is 3.47. The molecule has 0 atom stereocenters. The minimum atomic E-state index is -0.0348. The van der Waals surface area contributed by atoms with E-state index in [-0.39, 0.29) is 5.54 Å². The van der Waals surface area contributed by atoms with E-state index in [4.69, 9.17) is 0 Å². The summed E-state index contributed by atoms with van der Waals surface area (Å²) in [7, 11) is 0. The predicted molar refractivity (Wildman–Crippen MR) is 58.6 cm³/mol. The van der Waals surface area contributed by atoms with E-state index in [9.17, 15) is 0 Å². The average Bonchev–Trinajstić information content (AvgIpc) is 2.01. The third-order valence-electron chi connectivity index (χ3n) is 1.58. The molecule has 0 rings (SSSR count). The highest BCUT2D eigenvalue weighted by Crippen LogP contribution is 2.03. The van der Waals surface area contributed by atoms with Crippen molar-refractivity contribution in [3.8, 4) is 0 Å². The Morgan fingerprint density at radius 3 is 2.31 bits per heavy atom. The summed E-state index contributed by atoms with van der Waals surface area (Å²) < 4.78 is 0. The summed E-state index contributed by atoms with van der Waals surface area (Å²) >= 11 is 0. The summed E-state index contributed by atoms with van der Waals surface area (Å²) in [6, 6.07) is 2.75. The van der Waals surface area contributed by atoms with Gasteiger partial charge in [0.2, 0.25) is 0 Å². The molecule has 0 radical (unpaired) electrons. The maximum absolute atomic E-state index is 4.16. The van der Waals surface area contributed by atoms with Gasteiger partial charge < -0.3 is 0 Å². The zero-order valence-electron chi connectivity index (χ0n) is 9.43. The minimum absolute atomic E-state index is 0.0348. The Bertz CT molecular complexity index is 171. The van der Waals surface area contributed by atoms with Gasteiger partial charge in [-0.3, -0.25) is 0 Å². The number of nitrogens with zero attached hydrogens (tertiary/aromatic N) is 2. The lowest BCUT2D eigenvalue weighted by Gasteiger charge is -2.06. The largest absolute Gasteiger partial charge is 0.226 e. The van der Waals surface area contributed by atoms with E-state index in [1.165, 1.54) is 25.7 Å². The molecule has 0 aliphatic rings. The summed E-state index contributed by atoms with van der Waals surface area (Å²) in [6.45, 7) is 9.23. The number of hydrogen-bond acceptors (Lipinski definition) is 2. The molecular weight excluding hydrogens is 160 g/mol. The Morgan fingerprint density at radius 1 is 1.08 bits per heavy atom. The van der Waals surface area contributed by atoms with Crippen molar-refractivity contribution in [2.45, 2.75) is 58.9 Å². The summed E-state index contributed by atoms with van der Waals surface area (Å²) in [4.78, 5) is 8.27. The van der Waals surface area contributed by atoms with Gasteiger partial charge in [-0.15, -0.1) is 0 Å². The zero-order chi connectivity index (χ0) is 10.2. The van der Waals surface area contributed by atoms with Crippen LogP contribution in [0.2, 0.25) is 0 Å². The fourth-order valence-electron chi connectivity index (χ4n) is 0.853. The van der Waals surface area contributed by atoms with Crippen LogP contribution in [0.15, 0.2) is 9.98 Å². The second-order valence-electron chi connectivity index (χ2n) is 4.33. The Morgan fingerprint density at radius 2 is 1.77 bits per heavy atom. The highest BCUT2D eigenvalue weighted by atomic mass is 14.9. The second kappa shape index (κ2) is 6.85. The molecule has 0 heterocycles. The third-order valence-corrected chi connectivity index (χ3v) is 1.58.